The second kappa shape index (κ2) is 4.99. The number of aromatic nitrogens is 4. The van der Waals surface area contributed by atoms with Crippen molar-refractivity contribution >= 4 is 5.91 Å². The van der Waals surface area contributed by atoms with Gasteiger partial charge in [-0.05, 0) is 17.3 Å². The first-order valence-electron chi connectivity index (χ1n) is 6.14. The van der Waals surface area contributed by atoms with Crippen LogP contribution < -0.4 is 0 Å². The summed E-state index contributed by atoms with van der Waals surface area (Å²) in [5.74, 6) is 0.159. The number of rotatable bonds is 2. The van der Waals surface area contributed by atoms with E-state index >= 15 is 0 Å². The van der Waals surface area contributed by atoms with E-state index in [1.54, 1.807) is 24.3 Å². The molecule has 2 atom stereocenters. The summed E-state index contributed by atoms with van der Waals surface area (Å²) in [6, 6.07) is 6.82. The number of hydrogen-bond acceptors (Lipinski definition) is 6. The van der Waals surface area contributed by atoms with Gasteiger partial charge in [0.1, 0.15) is 0 Å². The average Bonchev–Trinajstić information content (AvgIpc) is 3.09. The molecule has 1 fully saturated rings. The normalized spacial score (nSPS) is 22.2. The Balaban J connectivity index is 1.84. The van der Waals surface area contributed by atoms with Gasteiger partial charge in [0, 0.05) is 24.2 Å². The van der Waals surface area contributed by atoms with Crippen molar-refractivity contribution in [3.63, 3.8) is 0 Å². The lowest BCUT2D eigenvalue weighted by atomic mass is 10.1. The number of nitrogens with one attached hydrogen (secondary N) is 1. The van der Waals surface area contributed by atoms with Crippen molar-refractivity contribution in [1.29, 1.82) is 0 Å². The number of aromatic amines is 1. The number of β-amino-alcohol motifs (C(OH)–C–C–N with tert-alkyl or cyclic N) is 2. The molecule has 8 heteroatoms. The molecule has 3 rings (SSSR count). The maximum atomic E-state index is 12.3. The first-order valence-corrected chi connectivity index (χ1v) is 6.14. The van der Waals surface area contributed by atoms with E-state index in [1.807, 2.05) is 0 Å². The standard InChI is InChI=1S/C12H13N5O3/c18-9-5-17(6-10(9)19)12(20)8-3-1-2-7(4-8)11-13-15-16-14-11/h1-4,9-10,18-19H,5-6H2,(H,13,14,15,16). The van der Waals surface area contributed by atoms with Gasteiger partial charge in [-0.3, -0.25) is 4.79 Å². The van der Waals surface area contributed by atoms with Gasteiger partial charge in [0.25, 0.3) is 5.91 Å². The van der Waals surface area contributed by atoms with Gasteiger partial charge in [0.2, 0.25) is 5.82 Å². The number of carbonyl (C=O) groups is 1. The van der Waals surface area contributed by atoms with Crippen molar-refractivity contribution in [2.45, 2.75) is 12.2 Å². The Morgan fingerprint density at radius 1 is 1.30 bits per heavy atom. The lowest BCUT2D eigenvalue weighted by Gasteiger charge is -2.15. The Labute approximate surface area is 114 Å². The first-order chi connectivity index (χ1) is 9.65. The molecule has 1 aliphatic heterocycles. The molecular weight excluding hydrogens is 262 g/mol. The van der Waals surface area contributed by atoms with Crippen LogP contribution in [0, 0.1) is 0 Å². The van der Waals surface area contributed by atoms with Gasteiger partial charge in [0.05, 0.1) is 12.2 Å². The van der Waals surface area contributed by atoms with Gasteiger partial charge in [-0.25, -0.2) is 0 Å². The summed E-state index contributed by atoms with van der Waals surface area (Å²) >= 11 is 0. The van der Waals surface area contributed by atoms with E-state index in [9.17, 15) is 15.0 Å². The molecule has 2 unspecified atom stereocenters. The zero-order chi connectivity index (χ0) is 14.1. The molecule has 1 amide bonds. The van der Waals surface area contributed by atoms with Crippen molar-refractivity contribution in [3.8, 4) is 11.4 Å². The number of benzene rings is 1. The second-order valence-electron chi connectivity index (χ2n) is 4.66. The molecule has 0 saturated carbocycles. The lowest BCUT2D eigenvalue weighted by molar-refractivity contribution is 0.0572. The van der Waals surface area contributed by atoms with Crippen LogP contribution in [0.5, 0.6) is 0 Å². The summed E-state index contributed by atoms with van der Waals surface area (Å²) in [4.78, 5) is 13.7. The molecule has 3 N–H and O–H groups in total. The summed E-state index contributed by atoms with van der Waals surface area (Å²) in [7, 11) is 0. The molecule has 2 heterocycles. The number of amides is 1. The minimum Gasteiger partial charge on any atom is -0.388 e. The van der Waals surface area contributed by atoms with E-state index < -0.39 is 12.2 Å². The Morgan fingerprint density at radius 2 is 2.05 bits per heavy atom. The summed E-state index contributed by atoms with van der Waals surface area (Å²) < 4.78 is 0. The minimum absolute atomic E-state index is 0.131. The molecule has 0 aliphatic carbocycles. The van der Waals surface area contributed by atoms with E-state index in [0.29, 0.717) is 17.0 Å². The number of tetrazole rings is 1. The van der Waals surface area contributed by atoms with Crippen LogP contribution in [0.1, 0.15) is 10.4 Å². The van der Waals surface area contributed by atoms with Gasteiger partial charge in [-0.1, -0.05) is 12.1 Å². The molecule has 1 aromatic heterocycles. The second-order valence-corrected chi connectivity index (χ2v) is 4.66. The van der Waals surface area contributed by atoms with Gasteiger partial charge in [-0.2, -0.15) is 5.21 Å². The molecular formula is C12H13N5O3. The van der Waals surface area contributed by atoms with Crippen LogP contribution >= 0.6 is 0 Å². The van der Waals surface area contributed by atoms with Gasteiger partial charge in [-0.15, -0.1) is 10.2 Å². The van der Waals surface area contributed by atoms with Gasteiger partial charge in [0.15, 0.2) is 0 Å². The number of hydrogen-bond donors (Lipinski definition) is 3. The molecule has 0 spiro atoms. The van der Waals surface area contributed by atoms with Crippen LogP contribution in [0.15, 0.2) is 24.3 Å². The third-order valence-electron chi connectivity index (χ3n) is 3.26. The van der Waals surface area contributed by atoms with Crippen LogP contribution in [-0.4, -0.2) is 66.9 Å². The number of aliphatic hydroxyl groups is 2. The molecule has 0 radical (unpaired) electrons. The Kier molecular flexibility index (Phi) is 3.17. The average molecular weight is 275 g/mol. The number of nitrogens with zero attached hydrogens (tertiary/aromatic N) is 4. The van der Waals surface area contributed by atoms with Gasteiger partial charge < -0.3 is 15.1 Å². The van der Waals surface area contributed by atoms with Crippen molar-refractivity contribution in [1.82, 2.24) is 25.5 Å². The van der Waals surface area contributed by atoms with E-state index in [4.69, 9.17) is 0 Å². The number of likely N-dealkylation sites (tertiary alicyclic amines) is 1. The lowest BCUT2D eigenvalue weighted by Crippen LogP contribution is -2.29. The SMILES string of the molecule is O=C(c1cccc(-c2nn[nH]n2)c1)N1CC(O)C(O)C1. The topological polar surface area (TPSA) is 115 Å². The predicted molar refractivity (Wildman–Crippen MR) is 67.5 cm³/mol. The monoisotopic (exact) mass is 275 g/mol. The molecule has 1 saturated heterocycles. The highest BCUT2D eigenvalue weighted by Crippen LogP contribution is 2.18. The fraction of sp³-hybridized carbons (Fsp3) is 0.333. The summed E-state index contributed by atoms with van der Waals surface area (Å²) in [5, 5.41) is 32.5. The number of aliphatic hydroxyl groups excluding tert-OH is 2. The van der Waals surface area contributed by atoms with E-state index in [-0.39, 0.29) is 19.0 Å². The smallest absolute Gasteiger partial charge is 0.254 e. The van der Waals surface area contributed by atoms with Crippen LogP contribution in [0.3, 0.4) is 0 Å². The number of carbonyl (C=O) groups excluding carboxylic acids is 1. The van der Waals surface area contributed by atoms with Crippen molar-refractivity contribution in [2.24, 2.45) is 0 Å². The fourth-order valence-corrected chi connectivity index (χ4v) is 2.19. The Bertz CT molecular complexity index is 605. The maximum Gasteiger partial charge on any atom is 0.254 e. The third-order valence-corrected chi connectivity index (χ3v) is 3.26. The highest BCUT2D eigenvalue weighted by molar-refractivity contribution is 5.95. The predicted octanol–water partition coefficient (Wildman–Crippen LogP) is -0.956. The van der Waals surface area contributed by atoms with E-state index in [0.717, 1.165) is 0 Å². The number of H-pyrrole nitrogens is 1. The van der Waals surface area contributed by atoms with Crippen molar-refractivity contribution in [2.75, 3.05) is 13.1 Å². The molecule has 1 aliphatic rings. The quantitative estimate of drug-likeness (QED) is 0.650. The minimum atomic E-state index is -0.890. The molecule has 104 valence electrons. The Hall–Kier alpha value is -2.32. The highest BCUT2D eigenvalue weighted by atomic mass is 16.3. The van der Waals surface area contributed by atoms with Crippen LogP contribution in [0.2, 0.25) is 0 Å². The first kappa shape index (κ1) is 12.7. The molecule has 20 heavy (non-hydrogen) atoms. The van der Waals surface area contributed by atoms with Crippen molar-refractivity contribution < 1.29 is 15.0 Å². The molecule has 2 aromatic rings. The van der Waals surface area contributed by atoms with Crippen LogP contribution in [0.4, 0.5) is 0 Å². The third kappa shape index (κ3) is 2.26. The molecule has 0 bridgehead atoms. The largest absolute Gasteiger partial charge is 0.388 e. The Morgan fingerprint density at radius 3 is 2.70 bits per heavy atom. The van der Waals surface area contributed by atoms with Crippen LogP contribution in [0.25, 0.3) is 11.4 Å². The summed E-state index contributed by atoms with van der Waals surface area (Å²) in [6.45, 7) is 0.263. The van der Waals surface area contributed by atoms with Gasteiger partial charge >= 0.3 is 0 Å². The van der Waals surface area contributed by atoms with Crippen LogP contribution in [-0.2, 0) is 0 Å². The van der Waals surface area contributed by atoms with E-state index in [2.05, 4.69) is 20.6 Å². The maximum absolute atomic E-state index is 12.3. The zero-order valence-corrected chi connectivity index (χ0v) is 10.5. The molecule has 1 aromatic carbocycles. The zero-order valence-electron chi connectivity index (χ0n) is 10.5. The molecule has 8 nitrogen and oxygen atoms in total. The van der Waals surface area contributed by atoms with E-state index in [1.165, 1.54) is 4.90 Å². The highest BCUT2D eigenvalue weighted by Gasteiger charge is 2.32. The summed E-state index contributed by atoms with van der Waals surface area (Å²) in [5.41, 5.74) is 1.12. The summed E-state index contributed by atoms with van der Waals surface area (Å²) in [6.07, 6.45) is -1.78. The van der Waals surface area contributed by atoms with Crippen molar-refractivity contribution in [3.05, 3.63) is 29.8 Å². The fourth-order valence-electron chi connectivity index (χ4n) is 2.19.